The van der Waals surface area contributed by atoms with Crippen molar-refractivity contribution < 1.29 is 9.18 Å². The number of likely N-dealkylation sites (N-methyl/N-ethyl adjacent to an activating group) is 1. The number of halogens is 1. The smallest absolute Gasteiger partial charge is 0.230 e. The van der Waals surface area contributed by atoms with Crippen molar-refractivity contribution in [1.29, 1.82) is 0 Å². The van der Waals surface area contributed by atoms with Crippen molar-refractivity contribution in [3.63, 3.8) is 0 Å². The number of hydrogen-bond donors (Lipinski definition) is 1. The lowest BCUT2D eigenvalue weighted by Crippen LogP contribution is -2.42. The highest BCUT2D eigenvalue weighted by Crippen LogP contribution is 2.29. The second-order valence-corrected chi connectivity index (χ2v) is 9.30. The van der Waals surface area contributed by atoms with E-state index in [1.165, 1.54) is 23.4 Å². The highest BCUT2D eigenvalue weighted by Gasteiger charge is 2.20. The van der Waals surface area contributed by atoms with Gasteiger partial charge in [0.25, 0.3) is 0 Å². The molecule has 0 saturated carbocycles. The summed E-state index contributed by atoms with van der Waals surface area (Å²) < 4.78 is 16.3. The van der Waals surface area contributed by atoms with Gasteiger partial charge in [0, 0.05) is 18.3 Å². The Kier molecular flexibility index (Phi) is 8.28. The summed E-state index contributed by atoms with van der Waals surface area (Å²) in [5.74, 6) is 0.102. The molecule has 1 N–H and O–H groups in total. The first kappa shape index (κ1) is 24.6. The summed E-state index contributed by atoms with van der Waals surface area (Å²) >= 11 is 1.28. The van der Waals surface area contributed by atoms with Crippen LogP contribution in [0.4, 0.5) is 4.39 Å². The highest BCUT2D eigenvalue weighted by atomic mass is 32.2. The highest BCUT2D eigenvalue weighted by molar-refractivity contribution is 7.99. The maximum Gasteiger partial charge on any atom is 0.230 e. The molecule has 0 spiro atoms. The van der Waals surface area contributed by atoms with Crippen LogP contribution >= 0.6 is 11.8 Å². The number of aromatic nitrogens is 3. The molecule has 1 heterocycles. The second-order valence-electron chi connectivity index (χ2n) is 8.36. The molecule has 0 aliphatic heterocycles. The molecular weight excluding hydrogens is 461 g/mol. The average Bonchev–Trinajstić information content (AvgIpc) is 3.30. The van der Waals surface area contributed by atoms with Crippen LogP contribution in [0.3, 0.4) is 0 Å². The van der Waals surface area contributed by atoms with Gasteiger partial charge < -0.3 is 10.2 Å². The second kappa shape index (κ2) is 11.8. The minimum absolute atomic E-state index is 0.0926. The van der Waals surface area contributed by atoms with Gasteiger partial charge in [0.15, 0.2) is 11.0 Å². The Morgan fingerprint density at radius 1 is 0.971 bits per heavy atom. The van der Waals surface area contributed by atoms with Crippen LogP contribution in [0.1, 0.15) is 5.56 Å². The third-order valence-electron chi connectivity index (χ3n) is 5.67. The predicted octanol–water partition coefficient (Wildman–Crippen LogP) is 4.45. The Morgan fingerprint density at radius 2 is 1.63 bits per heavy atom. The van der Waals surface area contributed by atoms with Crippen molar-refractivity contribution in [3.8, 4) is 17.1 Å². The molecule has 4 aromatic rings. The van der Waals surface area contributed by atoms with E-state index in [1.54, 1.807) is 22.8 Å². The summed E-state index contributed by atoms with van der Waals surface area (Å²) in [6, 6.07) is 26.4. The number of thioether (sulfide) groups is 1. The molecular formula is C27H28FN5OS. The predicted molar refractivity (Wildman–Crippen MR) is 138 cm³/mol. The molecule has 1 atom stereocenters. The number of para-hydroxylation sites is 1. The molecule has 35 heavy (non-hydrogen) atoms. The van der Waals surface area contributed by atoms with Crippen molar-refractivity contribution >= 4 is 17.7 Å². The maximum absolute atomic E-state index is 14.5. The molecule has 0 fully saturated rings. The number of rotatable bonds is 10. The summed E-state index contributed by atoms with van der Waals surface area (Å²) in [5, 5.41) is 12.1. The number of carbonyl (C=O) groups is 1. The summed E-state index contributed by atoms with van der Waals surface area (Å²) in [4.78, 5) is 14.8. The fourth-order valence-electron chi connectivity index (χ4n) is 3.73. The third kappa shape index (κ3) is 6.35. The Balaban J connectivity index is 1.45. The lowest BCUT2D eigenvalue weighted by Gasteiger charge is -2.24. The Morgan fingerprint density at radius 3 is 2.31 bits per heavy atom. The number of nitrogens with one attached hydrogen (secondary N) is 1. The number of benzene rings is 3. The van der Waals surface area contributed by atoms with E-state index >= 15 is 0 Å². The van der Waals surface area contributed by atoms with Gasteiger partial charge in [-0.15, -0.1) is 10.2 Å². The molecule has 1 unspecified atom stereocenters. The van der Waals surface area contributed by atoms with Gasteiger partial charge in [-0.3, -0.25) is 9.36 Å². The van der Waals surface area contributed by atoms with Gasteiger partial charge in [-0.1, -0.05) is 72.4 Å². The van der Waals surface area contributed by atoms with Gasteiger partial charge in [0.05, 0.1) is 11.3 Å². The van der Waals surface area contributed by atoms with Crippen LogP contribution in [-0.4, -0.2) is 58.0 Å². The Hall–Kier alpha value is -3.49. The van der Waals surface area contributed by atoms with Crippen LogP contribution in [0.25, 0.3) is 17.1 Å². The van der Waals surface area contributed by atoms with Crippen LogP contribution < -0.4 is 5.32 Å². The topological polar surface area (TPSA) is 63.1 Å². The first-order chi connectivity index (χ1) is 17.0. The van der Waals surface area contributed by atoms with E-state index in [0.717, 1.165) is 12.1 Å². The number of amides is 1. The monoisotopic (exact) mass is 489 g/mol. The lowest BCUT2D eigenvalue weighted by molar-refractivity contribution is -0.118. The average molecular weight is 490 g/mol. The van der Waals surface area contributed by atoms with Crippen LogP contribution in [0.5, 0.6) is 0 Å². The normalized spacial score (nSPS) is 12.0. The molecule has 0 radical (unpaired) electrons. The van der Waals surface area contributed by atoms with E-state index in [4.69, 9.17) is 0 Å². The van der Waals surface area contributed by atoms with E-state index in [-0.39, 0.29) is 23.5 Å². The third-order valence-corrected chi connectivity index (χ3v) is 6.60. The molecule has 0 bridgehead atoms. The fraction of sp³-hybridized carbons (Fsp3) is 0.222. The van der Waals surface area contributed by atoms with Crippen molar-refractivity contribution in [2.24, 2.45) is 0 Å². The first-order valence-electron chi connectivity index (χ1n) is 11.4. The quantitative estimate of drug-likeness (QED) is 0.334. The van der Waals surface area contributed by atoms with E-state index in [2.05, 4.69) is 32.5 Å². The van der Waals surface area contributed by atoms with E-state index in [1.807, 2.05) is 62.6 Å². The number of carbonyl (C=O) groups excluding carboxylic acids is 1. The zero-order valence-electron chi connectivity index (χ0n) is 19.8. The van der Waals surface area contributed by atoms with Crippen LogP contribution in [-0.2, 0) is 11.2 Å². The van der Waals surface area contributed by atoms with Gasteiger partial charge in [-0.05, 0) is 50.3 Å². The zero-order chi connectivity index (χ0) is 24.6. The molecule has 1 amide bonds. The molecule has 0 aliphatic rings. The van der Waals surface area contributed by atoms with Gasteiger partial charge in [0.1, 0.15) is 5.82 Å². The van der Waals surface area contributed by atoms with Crippen LogP contribution in [0.2, 0.25) is 0 Å². The van der Waals surface area contributed by atoms with Crippen molar-refractivity contribution in [3.05, 3.63) is 96.3 Å². The van der Waals surface area contributed by atoms with Gasteiger partial charge in [-0.2, -0.15) is 0 Å². The Bertz CT molecular complexity index is 1250. The molecule has 1 aromatic heterocycles. The first-order valence-corrected chi connectivity index (χ1v) is 12.4. The van der Waals surface area contributed by atoms with Gasteiger partial charge >= 0.3 is 0 Å². The zero-order valence-corrected chi connectivity index (χ0v) is 20.6. The largest absolute Gasteiger partial charge is 0.354 e. The van der Waals surface area contributed by atoms with Crippen molar-refractivity contribution in [1.82, 2.24) is 25.0 Å². The molecule has 3 aromatic carbocycles. The van der Waals surface area contributed by atoms with Crippen LogP contribution in [0.15, 0.2) is 90.1 Å². The minimum Gasteiger partial charge on any atom is -0.354 e. The number of nitrogens with zero attached hydrogens (tertiary/aromatic N) is 4. The molecule has 8 heteroatoms. The molecule has 0 aliphatic carbocycles. The molecule has 4 rings (SSSR count). The van der Waals surface area contributed by atoms with E-state index < -0.39 is 0 Å². The number of hydrogen-bond acceptors (Lipinski definition) is 5. The minimum atomic E-state index is -0.375. The Labute approximate surface area is 209 Å². The SMILES string of the molecule is CN(C)C(CNC(=O)CSc1nnc(-c2ccccc2F)n1-c1ccccc1)Cc1ccccc1. The lowest BCUT2D eigenvalue weighted by atomic mass is 10.1. The van der Waals surface area contributed by atoms with Gasteiger partial charge in [0.2, 0.25) is 5.91 Å². The van der Waals surface area contributed by atoms with Crippen LogP contribution in [0, 0.1) is 5.82 Å². The van der Waals surface area contributed by atoms with Crippen molar-refractivity contribution in [2.75, 3.05) is 26.4 Å². The molecule has 180 valence electrons. The maximum atomic E-state index is 14.5. The fourth-order valence-corrected chi connectivity index (χ4v) is 4.51. The van der Waals surface area contributed by atoms with Gasteiger partial charge in [-0.25, -0.2) is 4.39 Å². The molecule has 6 nitrogen and oxygen atoms in total. The summed E-state index contributed by atoms with van der Waals surface area (Å²) in [7, 11) is 4.03. The van der Waals surface area contributed by atoms with Crippen molar-refractivity contribution in [2.45, 2.75) is 17.6 Å². The summed E-state index contributed by atoms with van der Waals surface area (Å²) in [6.07, 6.45) is 0.843. The summed E-state index contributed by atoms with van der Waals surface area (Å²) in [6.45, 7) is 0.535. The van der Waals surface area contributed by atoms with E-state index in [9.17, 15) is 9.18 Å². The summed E-state index contributed by atoms with van der Waals surface area (Å²) in [5.41, 5.74) is 2.38. The standard InChI is InChI=1S/C27H28FN5OS/c1-32(2)22(17-20-11-5-3-6-12-20)18-29-25(34)19-35-27-31-30-26(23-15-9-10-16-24(23)28)33(27)21-13-7-4-8-14-21/h3-16,22H,17-19H2,1-2H3,(H,29,34). The molecule has 0 saturated heterocycles. The van der Waals surface area contributed by atoms with E-state index in [0.29, 0.717) is 23.1 Å².